The van der Waals surface area contributed by atoms with E-state index in [1.54, 1.807) is 23.5 Å². The van der Waals surface area contributed by atoms with Crippen LogP contribution in [-0.4, -0.2) is 43.5 Å². The number of rotatable bonds is 13. The molecule has 7 nitrogen and oxygen atoms in total. The molecule has 204 valence electrons. The van der Waals surface area contributed by atoms with Crippen LogP contribution in [0.3, 0.4) is 0 Å². The highest BCUT2D eigenvalue weighted by atomic mass is 32.2. The predicted octanol–water partition coefficient (Wildman–Crippen LogP) is 5.57. The van der Waals surface area contributed by atoms with Crippen molar-refractivity contribution in [1.82, 2.24) is 5.32 Å². The fraction of sp³-hybridized carbons (Fsp3) is 0.379. The van der Waals surface area contributed by atoms with Gasteiger partial charge in [0.25, 0.3) is 5.91 Å². The topological polar surface area (TPSA) is 110 Å². The van der Waals surface area contributed by atoms with E-state index in [0.717, 1.165) is 40.7 Å². The van der Waals surface area contributed by atoms with E-state index in [-0.39, 0.29) is 18.3 Å². The Balaban J connectivity index is 1.85. The van der Waals surface area contributed by atoms with Gasteiger partial charge in [-0.05, 0) is 73.2 Å². The van der Waals surface area contributed by atoms with E-state index >= 15 is 0 Å². The summed E-state index contributed by atoms with van der Waals surface area (Å²) in [5.74, 6) is -2.20. The molecule has 1 aromatic heterocycles. The zero-order valence-corrected chi connectivity index (χ0v) is 23.8. The van der Waals surface area contributed by atoms with Gasteiger partial charge in [-0.1, -0.05) is 43.7 Å². The summed E-state index contributed by atoms with van der Waals surface area (Å²) in [4.78, 5) is 27.5. The first-order chi connectivity index (χ1) is 18.0. The van der Waals surface area contributed by atoms with E-state index < -0.39 is 27.8 Å². The van der Waals surface area contributed by atoms with Crippen LogP contribution < -0.4 is 5.32 Å². The Kier molecular flexibility index (Phi) is 10.2. The second kappa shape index (κ2) is 13.2. The summed E-state index contributed by atoms with van der Waals surface area (Å²) in [5, 5.41) is 12.1. The van der Waals surface area contributed by atoms with Gasteiger partial charge in [0, 0.05) is 21.6 Å². The molecule has 3 rings (SSSR count). The first-order valence-electron chi connectivity index (χ1n) is 12.6. The minimum Gasteiger partial charge on any atom is -0.480 e. The SMILES string of the molecule is CCCc1ccc(C(C)OCc2ccc(C(=O)NC(CCS(C)(=O)=O)C(=O)O)c(-c3ccccc3C)c2)s1. The number of carboxylic acid groups (broad SMARTS) is 1. The van der Waals surface area contributed by atoms with Gasteiger partial charge in [-0.25, -0.2) is 13.2 Å². The van der Waals surface area contributed by atoms with Gasteiger partial charge in [-0.3, -0.25) is 4.79 Å². The van der Waals surface area contributed by atoms with E-state index in [2.05, 4.69) is 24.4 Å². The Morgan fingerprint density at radius 2 is 1.82 bits per heavy atom. The lowest BCUT2D eigenvalue weighted by atomic mass is 9.93. The second-order valence-corrected chi connectivity index (χ2v) is 12.9. The van der Waals surface area contributed by atoms with Crippen LogP contribution in [0.25, 0.3) is 11.1 Å². The third kappa shape index (κ3) is 8.24. The molecule has 0 saturated carbocycles. The lowest BCUT2D eigenvalue weighted by molar-refractivity contribution is -0.139. The molecule has 9 heteroatoms. The van der Waals surface area contributed by atoms with Crippen LogP contribution in [-0.2, 0) is 32.4 Å². The van der Waals surface area contributed by atoms with E-state index in [1.807, 2.05) is 44.2 Å². The Bertz CT molecular complexity index is 1380. The highest BCUT2D eigenvalue weighted by Crippen LogP contribution is 2.31. The minimum absolute atomic E-state index is 0.0818. The summed E-state index contributed by atoms with van der Waals surface area (Å²) >= 11 is 1.76. The van der Waals surface area contributed by atoms with E-state index in [1.165, 1.54) is 4.88 Å². The average molecular weight is 558 g/mol. The quantitative estimate of drug-likeness (QED) is 0.284. The Labute approximate surface area is 228 Å². The van der Waals surface area contributed by atoms with Gasteiger partial charge >= 0.3 is 5.97 Å². The summed E-state index contributed by atoms with van der Waals surface area (Å²) in [5.41, 5.74) is 3.65. The van der Waals surface area contributed by atoms with Crippen LogP contribution in [0.15, 0.2) is 54.6 Å². The number of aryl methyl sites for hydroxylation is 2. The Morgan fingerprint density at radius 1 is 1.08 bits per heavy atom. The lowest BCUT2D eigenvalue weighted by Crippen LogP contribution is -2.42. The second-order valence-electron chi connectivity index (χ2n) is 9.49. The van der Waals surface area contributed by atoms with Crippen molar-refractivity contribution < 1.29 is 27.9 Å². The Hall–Kier alpha value is -3.01. The molecule has 0 aliphatic rings. The van der Waals surface area contributed by atoms with Gasteiger partial charge in [0.1, 0.15) is 15.9 Å². The molecular formula is C29H35NO6S2. The monoisotopic (exact) mass is 557 g/mol. The summed E-state index contributed by atoms with van der Waals surface area (Å²) in [6, 6.07) is 15.9. The predicted molar refractivity (Wildman–Crippen MR) is 151 cm³/mol. The number of amides is 1. The average Bonchev–Trinajstić information content (AvgIpc) is 3.33. The lowest BCUT2D eigenvalue weighted by Gasteiger charge is -2.18. The third-order valence-corrected chi connectivity index (χ3v) is 8.51. The maximum absolute atomic E-state index is 13.3. The number of aliphatic carboxylic acids is 1. The van der Waals surface area contributed by atoms with Gasteiger partial charge in [0.05, 0.1) is 18.5 Å². The number of carbonyl (C=O) groups is 2. The molecule has 2 aromatic carbocycles. The van der Waals surface area contributed by atoms with Crippen molar-refractivity contribution in [2.45, 2.75) is 58.8 Å². The molecule has 0 radical (unpaired) electrons. The molecule has 0 bridgehead atoms. The number of thiophene rings is 1. The smallest absolute Gasteiger partial charge is 0.326 e. The fourth-order valence-electron chi connectivity index (χ4n) is 4.10. The van der Waals surface area contributed by atoms with Gasteiger partial charge in [-0.15, -0.1) is 11.3 Å². The molecular weight excluding hydrogens is 522 g/mol. The van der Waals surface area contributed by atoms with E-state index in [4.69, 9.17) is 4.74 Å². The molecule has 3 aromatic rings. The largest absolute Gasteiger partial charge is 0.480 e. The number of ether oxygens (including phenoxy) is 1. The highest BCUT2D eigenvalue weighted by molar-refractivity contribution is 7.90. The van der Waals surface area contributed by atoms with Crippen LogP contribution in [0, 0.1) is 6.92 Å². The molecule has 0 saturated heterocycles. The van der Waals surface area contributed by atoms with Crippen molar-refractivity contribution in [3.8, 4) is 11.1 Å². The summed E-state index contributed by atoms with van der Waals surface area (Å²) in [6.07, 6.45) is 2.89. The summed E-state index contributed by atoms with van der Waals surface area (Å²) in [6.45, 7) is 6.47. The van der Waals surface area contributed by atoms with Crippen LogP contribution in [0.4, 0.5) is 0 Å². The van der Waals surface area contributed by atoms with Gasteiger partial charge in [0.15, 0.2) is 0 Å². The molecule has 0 aliphatic carbocycles. The van der Waals surface area contributed by atoms with Crippen LogP contribution in [0.5, 0.6) is 0 Å². The first kappa shape index (κ1) is 29.5. The van der Waals surface area contributed by atoms with Crippen LogP contribution in [0.1, 0.15) is 64.0 Å². The van der Waals surface area contributed by atoms with E-state index in [9.17, 15) is 23.1 Å². The first-order valence-corrected chi connectivity index (χ1v) is 15.5. The van der Waals surface area contributed by atoms with Crippen molar-refractivity contribution in [3.05, 3.63) is 81.0 Å². The number of carbonyl (C=O) groups excluding carboxylic acids is 1. The number of benzene rings is 2. The van der Waals surface area contributed by atoms with Crippen molar-refractivity contribution >= 4 is 33.1 Å². The summed E-state index contributed by atoms with van der Waals surface area (Å²) in [7, 11) is -3.38. The molecule has 2 atom stereocenters. The molecule has 0 spiro atoms. The molecule has 2 N–H and O–H groups in total. The van der Waals surface area contributed by atoms with Crippen molar-refractivity contribution in [2.75, 3.05) is 12.0 Å². The van der Waals surface area contributed by atoms with Crippen LogP contribution >= 0.6 is 11.3 Å². The number of nitrogens with one attached hydrogen (secondary N) is 1. The molecule has 38 heavy (non-hydrogen) atoms. The molecule has 2 unspecified atom stereocenters. The zero-order chi connectivity index (χ0) is 27.9. The standard InChI is InChI=1S/C29H35NO6S2/c1-5-8-22-12-14-27(37-22)20(3)36-18-21-11-13-24(25(17-21)23-10-7-6-9-19(23)2)28(31)30-26(29(32)33)15-16-38(4,34)35/h6-7,9-14,17,20,26H,5,8,15-16,18H2,1-4H3,(H,30,31)(H,32,33). The van der Waals surface area contributed by atoms with Crippen molar-refractivity contribution in [3.63, 3.8) is 0 Å². The molecule has 0 aliphatic heterocycles. The number of hydrogen-bond donors (Lipinski definition) is 2. The molecule has 1 heterocycles. The normalized spacial score (nSPS) is 13.2. The van der Waals surface area contributed by atoms with Crippen molar-refractivity contribution in [1.29, 1.82) is 0 Å². The minimum atomic E-state index is -3.38. The number of hydrogen-bond acceptors (Lipinski definition) is 6. The van der Waals surface area contributed by atoms with Gasteiger partial charge in [0.2, 0.25) is 0 Å². The van der Waals surface area contributed by atoms with Gasteiger partial charge < -0.3 is 15.2 Å². The fourth-order valence-corrected chi connectivity index (χ4v) is 5.88. The van der Waals surface area contributed by atoms with E-state index in [0.29, 0.717) is 17.7 Å². The maximum Gasteiger partial charge on any atom is 0.326 e. The van der Waals surface area contributed by atoms with Crippen molar-refractivity contribution in [2.24, 2.45) is 0 Å². The third-order valence-electron chi connectivity index (χ3n) is 6.22. The summed E-state index contributed by atoms with van der Waals surface area (Å²) < 4.78 is 29.2. The number of carboxylic acids is 1. The molecule has 1 amide bonds. The maximum atomic E-state index is 13.3. The van der Waals surface area contributed by atoms with Gasteiger partial charge in [-0.2, -0.15) is 0 Å². The number of sulfone groups is 1. The zero-order valence-electron chi connectivity index (χ0n) is 22.2. The van der Waals surface area contributed by atoms with Crippen LogP contribution in [0.2, 0.25) is 0 Å². The molecule has 0 fully saturated rings. The highest BCUT2D eigenvalue weighted by Gasteiger charge is 2.24. The Morgan fingerprint density at radius 3 is 2.47 bits per heavy atom.